The van der Waals surface area contributed by atoms with Crippen LogP contribution in [0.25, 0.3) is 0 Å². The van der Waals surface area contributed by atoms with Gasteiger partial charge in [0.05, 0.1) is 25.4 Å². The zero-order valence-electron chi connectivity index (χ0n) is 14.9. The number of benzene rings is 1. The summed E-state index contributed by atoms with van der Waals surface area (Å²) in [7, 11) is 1.76. The number of rotatable bonds is 8. The Kier molecular flexibility index (Phi) is 7.21. The third kappa shape index (κ3) is 5.03. The number of carbonyl (C=O) groups excluding carboxylic acids is 1. The molecule has 0 spiro atoms. The van der Waals surface area contributed by atoms with Crippen molar-refractivity contribution in [2.75, 3.05) is 20.3 Å². The van der Waals surface area contributed by atoms with Crippen LogP contribution in [0.5, 0.6) is 0 Å². The van der Waals surface area contributed by atoms with Gasteiger partial charge >= 0.3 is 0 Å². The van der Waals surface area contributed by atoms with Crippen LogP contribution < -0.4 is 0 Å². The van der Waals surface area contributed by atoms with Crippen molar-refractivity contribution in [3.8, 4) is 0 Å². The van der Waals surface area contributed by atoms with E-state index in [1.165, 1.54) is 0 Å². The predicted molar refractivity (Wildman–Crippen MR) is 92.3 cm³/mol. The smallest absolute Gasteiger partial charge is 0.225 e. The van der Waals surface area contributed by atoms with E-state index in [4.69, 9.17) is 9.47 Å². The Morgan fingerprint density at radius 3 is 2.50 bits per heavy atom. The van der Waals surface area contributed by atoms with E-state index in [0.717, 1.165) is 24.8 Å². The van der Waals surface area contributed by atoms with Crippen LogP contribution in [0.3, 0.4) is 0 Å². The van der Waals surface area contributed by atoms with Crippen molar-refractivity contribution < 1.29 is 19.4 Å². The number of likely N-dealkylation sites (N-methyl/N-ethyl adjacent to an activating group) is 1. The van der Waals surface area contributed by atoms with Crippen molar-refractivity contribution in [1.29, 1.82) is 0 Å². The molecule has 5 nitrogen and oxygen atoms in total. The van der Waals surface area contributed by atoms with Crippen LogP contribution in [-0.2, 0) is 14.3 Å². The van der Waals surface area contributed by atoms with Gasteiger partial charge in [0, 0.05) is 13.0 Å². The van der Waals surface area contributed by atoms with Crippen molar-refractivity contribution in [2.45, 2.75) is 51.5 Å². The van der Waals surface area contributed by atoms with Gasteiger partial charge in [0.1, 0.15) is 0 Å². The molecule has 0 bridgehead atoms. The molecule has 0 aromatic heterocycles. The molecule has 0 saturated carbocycles. The van der Waals surface area contributed by atoms with E-state index < -0.39 is 6.10 Å². The fourth-order valence-electron chi connectivity index (χ4n) is 2.98. The number of aliphatic hydroxyl groups is 1. The molecule has 134 valence electrons. The molecule has 0 aliphatic carbocycles. The largest absolute Gasteiger partial charge is 0.386 e. The molecule has 0 radical (unpaired) electrons. The van der Waals surface area contributed by atoms with E-state index in [-0.39, 0.29) is 24.2 Å². The summed E-state index contributed by atoms with van der Waals surface area (Å²) in [6.45, 7) is 5.15. The quantitative estimate of drug-likeness (QED) is 0.793. The number of ether oxygens (including phenoxy) is 2. The maximum Gasteiger partial charge on any atom is 0.225 e. The Hall–Kier alpha value is -1.43. The third-order valence-corrected chi connectivity index (χ3v) is 4.75. The van der Waals surface area contributed by atoms with Crippen LogP contribution >= 0.6 is 0 Å². The molecule has 24 heavy (non-hydrogen) atoms. The van der Waals surface area contributed by atoms with Crippen LogP contribution in [0, 0.1) is 5.92 Å². The summed E-state index contributed by atoms with van der Waals surface area (Å²) < 4.78 is 10.8. The second-order valence-electron chi connectivity index (χ2n) is 6.55. The molecule has 1 heterocycles. The number of hydrogen-bond acceptors (Lipinski definition) is 4. The molecule has 1 aliphatic rings. The van der Waals surface area contributed by atoms with Crippen molar-refractivity contribution in [3.05, 3.63) is 35.9 Å². The molecule has 1 N–H and O–H groups in total. The number of aliphatic hydroxyl groups excluding tert-OH is 1. The number of nitrogens with zero attached hydrogens (tertiary/aromatic N) is 1. The second kappa shape index (κ2) is 9.16. The third-order valence-electron chi connectivity index (χ3n) is 4.75. The van der Waals surface area contributed by atoms with Crippen LogP contribution in [0.1, 0.15) is 44.8 Å². The molecule has 2 rings (SSSR count). The van der Waals surface area contributed by atoms with E-state index >= 15 is 0 Å². The molecule has 1 fully saturated rings. The SMILES string of the molecule is C[C@H](CCCC1OCCO1)C(=O)N(C)[C@@H](C)[C@@H](O)c1ccccc1. The summed E-state index contributed by atoms with van der Waals surface area (Å²) in [5.74, 6) is -0.0208. The van der Waals surface area contributed by atoms with Crippen LogP contribution in [0.4, 0.5) is 0 Å². The van der Waals surface area contributed by atoms with Gasteiger partial charge in [0.2, 0.25) is 5.91 Å². The van der Waals surface area contributed by atoms with E-state index in [1.807, 2.05) is 44.2 Å². The molecular weight excluding hydrogens is 306 g/mol. The first-order valence-electron chi connectivity index (χ1n) is 8.73. The lowest BCUT2D eigenvalue weighted by atomic mass is 9.99. The first kappa shape index (κ1) is 18.9. The summed E-state index contributed by atoms with van der Waals surface area (Å²) in [5, 5.41) is 10.5. The van der Waals surface area contributed by atoms with Gasteiger partial charge in [-0.2, -0.15) is 0 Å². The molecule has 1 amide bonds. The van der Waals surface area contributed by atoms with Crippen molar-refractivity contribution in [3.63, 3.8) is 0 Å². The Labute approximate surface area is 144 Å². The molecule has 3 atom stereocenters. The lowest BCUT2D eigenvalue weighted by Crippen LogP contribution is -2.41. The highest BCUT2D eigenvalue weighted by molar-refractivity contribution is 5.78. The zero-order chi connectivity index (χ0) is 17.5. The molecule has 0 unspecified atom stereocenters. The van der Waals surface area contributed by atoms with Gasteiger partial charge in [0.15, 0.2) is 6.29 Å². The first-order valence-corrected chi connectivity index (χ1v) is 8.73. The Morgan fingerprint density at radius 2 is 1.88 bits per heavy atom. The van der Waals surface area contributed by atoms with Gasteiger partial charge in [0.25, 0.3) is 0 Å². The molecule has 1 saturated heterocycles. The molecular formula is C19H29NO4. The van der Waals surface area contributed by atoms with Crippen molar-refractivity contribution >= 4 is 5.91 Å². The highest BCUT2D eigenvalue weighted by atomic mass is 16.7. The first-order chi connectivity index (χ1) is 11.5. The predicted octanol–water partition coefficient (Wildman–Crippen LogP) is 2.75. The van der Waals surface area contributed by atoms with Gasteiger partial charge in [-0.1, -0.05) is 37.3 Å². The Bertz CT molecular complexity index is 501. The topological polar surface area (TPSA) is 59.0 Å². The van der Waals surface area contributed by atoms with E-state index in [1.54, 1.807) is 11.9 Å². The lowest BCUT2D eigenvalue weighted by Gasteiger charge is -2.31. The maximum atomic E-state index is 12.6. The minimum atomic E-state index is -0.687. The summed E-state index contributed by atoms with van der Waals surface area (Å²) in [4.78, 5) is 14.3. The molecule has 1 aliphatic heterocycles. The van der Waals surface area contributed by atoms with E-state index in [2.05, 4.69) is 0 Å². The Morgan fingerprint density at radius 1 is 1.25 bits per heavy atom. The van der Waals surface area contributed by atoms with Gasteiger partial charge in [-0.25, -0.2) is 0 Å². The monoisotopic (exact) mass is 335 g/mol. The fourth-order valence-corrected chi connectivity index (χ4v) is 2.98. The summed E-state index contributed by atoms with van der Waals surface area (Å²) in [5.41, 5.74) is 0.827. The normalized spacial score (nSPS) is 19.0. The molecule has 1 aromatic carbocycles. The zero-order valence-corrected chi connectivity index (χ0v) is 14.9. The minimum Gasteiger partial charge on any atom is -0.386 e. The average molecular weight is 335 g/mol. The van der Waals surface area contributed by atoms with Gasteiger partial charge < -0.3 is 19.5 Å². The summed E-state index contributed by atoms with van der Waals surface area (Å²) in [6.07, 6.45) is 1.71. The Balaban J connectivity index is 1.80. The van der Waals surface area contributed by atoms with Crippen LogP contribution in [-0.4, -0.2) is 48.5 Å². The van der Waals surface area contributed by atoms with Gasteiger partial charge in [-0.15, -0.1) is 0 Å². The van der Waals surface area contributed by atoms with Gasteiger partial charge in [-0.05, 0) is 31.7 Å². The van der Waals surface area contributed by atoms with Crippen LogP contribution in [0.15, 0.2) is 30.3 Å². The second-order valence-corrected chi connectivity index (χ2v) is 6.55. The highest BCUT2D eigenvalue weighted by Crippen LogP contribution is 2.22. The van der Waals surface area contributed by atoms with E-state index in [0.29, 0.717) is 13.2 Å². The molecule has 1 aromatic rings. The van der Waals surface area contributed by atoms with E-state index in [9.17, 15) is 9.90 Å². The number of amides is 1. The lowest BCUT2D eigenvalue weighted by molar-refractivity contribution is -0.138. The number of carbonyl (C=O) groups is 1. The molecule has 5 heteroatoms. The fraction of sp³-hybridized carbons (Fsp3) is 0.632. The standard InChI is InChI=1S/C19H29NO4/c1-14(8-7-11-17-23-12-13-24-17)19(22)20(3)15(2)18(21)16-9-5-4-6-10-16/h4-6,9-10,14-15,17-18,21H,7-8,11-13H2,1-3H3/t14-,15+,18-/m1/s1. The minimum absolute atomic E-state index is 0.0609. The van der Waals surface area contributed by atoms with Crippen molar-refractivity contribution in [2.24, 2.45) is 5.92 Å². The summed E-state index contributed by atoms with van der Waals surface area (Å²) >= 11 is 0. The maximum absolute atomic E-state index is 12.6. The van der Waals surface area contributed by atoms with Gasteiger partial charge in [-0.3, -0.25) is 4.79 Å². The number of hydrogen-bond donors (Lipinski definition) is 1. The highest BCUT2D eigenvalue weighted by Gasteiger charge is 2.27. The van der Waals surface area contributed by atoms with Crippen LogP contribution in [0.2, 0.25) is 0 Å². The average Bonchev–Trinajstić information content (AvgIpc) is 3.13. The summed E-state index contributed by atoms with van der Waals surface area (Å²) in [6, 6.07) is 9.18. The van der Waals surface area contributed by atoms with Crippen molar-refractivity contribution in [1.82, 2.24) is 4.90 Å².